The molecule has 8 heteroatoms. The molecule has 0 radical (unpaired) electrons. The van der Waals surface area contributed by atoms with E-state index in [0.29, 0.717) is 13.1 Å². The van der Waals surface area contributed by atoms with Crippen molar-refractivity contribution in [3.63, 3.8) is 0 Å². The van der Waals surface area contributed by atoms with Crippen LogP contribution in [0.15, 0.2) is 9.59 Å². The average Bonchev–Trinajstić information content (AvgIpc) is 2.40. The highest BCUT2D eigenvalue weighted by Gasteiger charge is 2.11. The predicted octanol–water partition coefficient (Wildman–Crippen LogP) is -0.533. The number of nitrogens with two attached hydrogens (primary N) is 1. The number of rotatable bonds is 7. The van der Waals surface area contributed by atoms with Gasteiger partial charge < -0.3 is 16.4 Å². The Labute approximate surface area is 116 Å². The van der Waals surface area contributed by atoms with Crippen molar-refractivity contribution < 1.29 is 4.79 Å². The molecule has 0 spiro atoms. The maximum atomic E-state index is 11.7. The Morgan fingerprint density at radius 1 is 1.30 bits per heavy atom. The number of hydrogen-bond donors (Lipinski definition) is 4. The van der Waals surface area contributed by atoms with Crippen LogP contribution in [0.3, 0.4) is 0 Å². The SMILES string of the molecule is CCCNC(=O)CCNc1c(N)n(CC)c(=O)[nH]c1=O. The Balaban J connectivity index is 2.72. The van der Waals surface area contributed by atoms with E-state index in [1.807, 2.05) is 6.92 Å². The molecular weight excluding hydrogens is 262 g/mol. The zero-order valence-corrected chi connectivity index (χ0v) is 11.8. The molecule has 1 aromatic heterocycles. The van der Waals surface area contributed by atoms with E-state index in [4.69, 9.17) is 5.73 Å². The van der Waals surface area contributed by atoms with Crippen LogP contribution in [0.5, 0.6) is 0 Å². The van der Waals surface area contributed by atoms with Gasteiger partial charge in [-0.1, -0.05) is 6.92 Å². The molecular formula is C12H21N5O3. The summed E-state index contributed by atoms with van der Waals surface area (Å²) in [6.45, 7) is 4.96. The zero-order chi connectivity index (χ0) is 15.1. The van der Waals surface area contributed by atoms with Crippen molar-refractivity contribution in [2.45, 2.75) is 33.2 Å². The number of hydrogen-bond acceptors (Lipinski definition) is 5. The second kappa shape index (κ2) is 7.37. The molecule has 5 N–H and O–H groups in total. The second-order valence-corrected chi connectivity index (χ2v) is 4.29. The largest absolute Gasteiger partial charge is 0.383 e. The van der Waals surface area contributed by atoms with Crippen LogP contribution in [0.2, 0.25) is 0 Å². The summed E-state index contributed by atoms with van der Waals surface area (Å²) in [6, 6.07) is 0. The number of nitrogen functional groups attached to an aromatic ring is 1. The number of aromatic nitrogens is 2. The molecule has 8 nitrogen and oxygen atoms in total. The number of aromatic amines is 1. The Bertz CT molecular complexity index is 575. The monoisotopic (exact) mass is 283 g/mol. The number of nitrogens with one attached hydrogen (secondary N) is 3. The number of H-pyrrole nitrogens is 1. The van der Waals surface area contributed by atoms with Crippen LogP contribution >= 0.6 is 0 Å². The van der Waals surface area contributed by atoms with Crippen LogP contribution in [0, 0.1) is 0 Å². The molecule has 1 aromatic rings. The van der Waals surface area contributed by atoms with Gasteiger partial charge in [-0.25, -0.2) is 4.79 Å². The Morgan fingerprint density at radius 2 is 2.00 bits per heavy atom. The minimum atomic E-state index is -0.578. The van der Waals surface area contributed by atoms with Gasteiger partial charge in [-0.05, 0) is 13.3 Å². The maximum absolute atomic E-state index is 11.7. The lowest BCUT2D eigenvalue weighted by Crippen LogP contribution is -2.34. The first-order valence-electron chi connectivity index (χ1n) is 6.64. The van der Waals surface area contributed by atoms with Gasteiger partial charge in [-0.15, -0.1) is 0 Å². The summed E-state index contributed by atoms with van der Waals surface area (Å²) < 4.78 is 1.25. The second-order valence-electron chi connectivity index (χ2n) is 4.29. The molecule has 0 atom stereocenters. The highest BCUT2D eigenvalue weighted by molar-refractivity contribution is 5.76. The number of carbonyl (C=O) groups is 1. The molecule has 1 heterocycles. The first kappa shape index (κ1) is 15.8. The fourth-order valence-corrected chi connectivity index (χ4v) is 1.73. The molecule has 0 fully saturated rings. The smallest absolute Gasteiger partial charge is 0.330 e. The van der Waals surface area contributed by atoms with E-state index in [1.54, 1.807) is 6.92 Å². The third-order valence-corrected chi connectivity index (χ3v) is 2.78. The Morgan fingerprint density at radius 3 is 2.60 bits per heavy atom. The summed E-state index contributed by atoms with van der Waals surface area (Å²) >= 11 is 0. The summed E-state index contributed by atoms with van der Waals surface area (Å²) in [5, 5.41) is 5.53. The quantitative estimate of drug-likeness (QED) is 0.535. The molecule has 0 aliphatic carbocycles. The van der Waals surface area contributed by atoms with E-state index in [0.717, 1.165) is 6.42 Å². The first-order chi connectivity index (χ1) is 9.51. The molecule has 1 amide bonds. The fraction of sp³-hybridized carbons (Fsp3) is 0.583. The van der Waals surface area contributed by atoms with Crippen LogP contribution in [-0.4, -0.2) is 28.5 Å². The van der Waals surface area contributed by atoms with Gasteiger partial charge in [0.05, 0.1) is 0 Å². The topological polar surface area (TPSA) is 122 Å². The van der Waals surface area contributed by atoms with Crippen molar-refractivity contribution in [1.29, 1.82) is 0 Å². The van der Waals surface area contributed by atoms with E-state index in [2.05, 4.69) is 15.6 Å². The molecule has 0 unspecified atom stereocenters. The normalized spacial score (nSPS) is 10.3. The van der Waals surface area contributed by atoms with Gasteiger partial charge in [0.15, 0.2) is 0 Å². The molecule has 0 aliphatic rings. The highest BCUT2D eigenvalue weighted by Crippen LogP contribution is 2.09. The standard InChI is InChI=1S/C12H21N5O3/c1-3-6-14-8(18)5-7-15-9-10(13)17(4-2)12(20)16-11(9)19/h15H,3-7,13H2,1-2H3,(H,14,18)(H,16,19,20). The van der Waals surface area contributed by atoms with E-state index in [1.165, 1.54) is 4.57 Å². The van der Waals surface area contributed by atoms with Crippen molar-refractivity contribution in [3.05, 3.63) is 20.8 Å². The van der Waals surface area contributed by atoms with Gasteiger partial charge >= 0.3 is 5.69 Å². The van der Waals surface area contributed by atoms with Crippen molar-refractivity contribution in [1.82, 2.24) is 14.9 Å². The fourth-order valence-electron chi connectivity index (χ4n) is 1.73. The average molecular weight is 283 g/mol. The molecule has 112 valence electrons. The van der Waals surface area contributed by atoms with E-state index in [9.17, 15) is 14.4 Å². The summed E-state index contributed by atoms with van der Waals surface area (Å²) in [4.78, 5) is 36.7. The van der Waals surface area contributed by atoms with E-state index >= 15 is 0 Å². The minimum absolute atomic E-state index is 0.0789. The highest BCUT2D eigenvalue weighted by atomic mass is 16.2. The molecule has 0 aromatic carbocycles. The number of anilines is 2. The molecule has 0 saturated carbocycles. The number of nitrogens with zero attached hydrogens (tertiary/aromatic N) is 1. The van der Waals surface area contributed by atoms with E-state index in [-0.39, 0.29) is 30.4 Å². The molecule has 20 heavy (non-hydrogen) atoms. The van der Waals surface area contributed by atoms with E-state index < -0.39 is 11.2 Å². The number of amides is 1. The van der Waals surface area contributed by atoms with Crippen molar-refractivity contribution in [3.8, 4) is 0 Å². The van der Waals surface area contributed by atoms with Crippen molar-refractivity contribution in [2.75, 3.05) is 24.1 Å². The van der Waals surface area contributed by atoms with Gasteiger partial charge in [0.25, 0.3) is 5.56 Å². The Kier molecular flexibility index (Phi) is 5.82. The van der Waals surface area contributed by atoms with Gasteiger partial charge in [-0.2, -0.15) is 0 Å². The van der Waals surface area contributed by atoms with Gasteiger partial charge in [0.1, 0.15) is 11.5 Å². The Hall–Kier alpha value is -2.25. The third kappa shape index (κ3) is 3.87. The molecule has 0 bridgehead atoms. The predicted molar refractivity (Wildman–Crippen MR) is 77.8 cm³/mol. The molecule has 1 rings (SSSR count). The van der Waals surface area contributed by atoms with Crippen LogP contribution in [0.4, 0.5) is 11.5 Å². The molecule has 0 saturated heterocycles. The van der Waals surface area contributed by atoms with Crippen molar-refractivity contribution >= 4 is 17.4 Å². The van der Waals surface area contributed by atoms with Gasteiger partial charge in [0, 0.05) is 26.1 Å². The molecule has 0 aliphatic heterocycles. The summed E-state index contributed by atoms with van der Waals surface area (Å²) in [7, 11) is 0. The van der Waals surface area contributed by atoms with Crippen LogP contribution in [-0.2, 0) is 11.3 Å². The minimum Gasteiger partial charge on any atom is -0.383 e. The van der Waals surface area contributed by atoms with Crippen LogP contribution in [0.25, 0.3) is 0 Å². The number of carbonyl (C=O) groups excluding carboxylic acids is 1. The van der Waals surface area contributed by atoms with Crippen LogP contribution in [0.1, 0.15) is 26.7 Å². The van der Waals surface area contributed by atoms with Crippen LogP contribution < -0.4 is 27.6 Å². The maximum Gasteiger partial charge on any atom is 0.330 e. The van der Waals surface area contributed by atoms with Gasteiger partial charge in [-0.3, -0.25) is 19.1 Å². The summed E-state index contributed by atoms with van der Waals surface area (Å²) in [5.74, 6) is -0.0200. The first-order valence-corrected chi connectivity index (χ1v) is 6.64. The lowest BCUT2D eigenvalue weighted by molar-refractivity contribution is -0.120. The van der Waals surface area contributed by atoms with Gasteiger partial charge in [0.2, 0.25) is 5.91 Å². The lowest BCUT2D eigenvalue weighted by Gasteiger charge is -2.12. The van der Waals surface area contributed by atoms with Crippen molar-refractivity contribution in [2.24, 2.45) is 0 Å². The zero-order valence-electron chi connectivity index (χ0n) is 11.8. The lowest BCUT2D eigenvalue weighted by atomic mass is 10.3. The summed E-state index contributed by atoms with van der Waals surface area (Å²) in [6.07, 6.45) is 1.09. The summed E-state index contributed by atoms with van der Waals surface area (Å²) in [5.41, 5.74) is 4.77. The third-order valence-electron chi connectivity index (χ3n) is 2.78.